The minimum absolute atomic E-state index is 0.0703. The smallest absolute Gasteiger partial charge is 0.256 e. The average molecular weight is 391 g/mol. The van der Waals surface area contributed by atoms with Crippen molar-refractivity contribution in [2.75, 3.05) is 32.2 Å². The third kappa shape index (κ3) is 3.90. The fraction of sp³-hybridized carbons (Fsp3) is 0.294. The molecule has 0 atom stereocenters. The monoisotopic (exact) mass is 391 g/mol. The van der Waals surface area contributed by atoms with Crippen LogP contribution in [0.4, 0.5) is 0 Å². The Morgan fingerprint density at radius 1 is 1.26 bits per heavy atom. The summed E-state index contributed by atoms with van der Waals surface area (Å²) in [4.78, 5) is 13.9. The molecular formula is C17H17N3O6S. The summed E-state index contributed by atoms with van der Waals surface area (Å²) in [6, 6.07) is 5.28. The highest BCUT2D eigenvalue weighted by Gasteiger charge is 2.24. The Morgan fingerprint density at radius 3 is 3.00 bits per heavy atom. The summed E-state index contributed by atoms with van der Waals surface area (Å²) in [5.41, 5.74) is 0.427. The first-order valence-corrected chi connectivity index (χ1v) is 9.91. The van der Waals surface area contributed by atoms with Gasteiger partial charge in [0.05, 0.1) is 17.9 Å². The van der Waals surface area contributed by atoms with Crippen molar-refractivity contribution < 1.29 is 27.4 Å². The number of hydrogen-bond donors (Lipinski definition) is 1. The normalized spacial score (nSPS) is 19.0. The van der Waals surface area contributed by atoms with E-state index in [1.807, 2.05) is 0 Å². The van der Waals surface area contributed by atoms with Crippen LogP contribution in [0.25, 0.3) is 0 Å². The van der Waals surface area contributed by atoms with Gasteiger partial charge < -0.3 is 24.4 Å². The van der Waals surface area contributed by atoms with Crippen molar-refractivity contribution in [3.63, 3.8) is 0 Å². The van der Waals surface area contributed by atoms with Crippen LogP contribution in [0.15, 0.2) is 46.5 Å². The Morgan fingerprint density at radius 2 is 2.11 bits per heavy atom. The van der Waals surface area contributed by atoms with Crippen LogP contribution in [-0.4, -0.2) is 57.3 Å². The Labute approximate surface area is 156 Å². The molecule has 4 rings (SSSR count). The lowest BCUT2D eigenvalue weighted by atomic mass is 10.2. The first-order chi connectivity index (χ1) is 13.0. The molecule has 0 saturated heterocycles. The lowest BCUT2D eigenvalue weighted by Gasteiger charge is -2.26. The van der Waals surface area contributed by atoms with Crippen molar-refractivity contribution in [3.05, 3.63) is 42.1 Å². The summed E-state index contributed by atoms with van der Waals surface area (Å²) in [6.07, 6.45) is 4.67. The summed E-state index contributed by atoms with van der Waals surface area (Å²) in [6.45, 7) is 1.08. The maximum absolute atomic E-state index is 12.3. The van der Waals surface area contributed by atoms with E-state index in [4.69, 9.17) is 14.2 Å². The molecule has 0 fully saturated rings. The topological polar surface area (TPSA) is 107 Å². The highest BCUT2D eigenvalue weighted by molar-refractivity contribution is 7.90. The Balaban J connectivity index is 1.28. The molecule has 0 bridgehead atoms. The van der Waals surface area contributed by atoms with E-state index < -0.39 is 10.0 Å². The Bertz CT molecular complexity index is 967. The van der Waals surface area contributed by atoms with E-state index in [9.17, 15) is 13.2 Å². The van der Waals surface area contributed by atoms with Gasteiger partial charge >= 0.3 is 0 Å². The van der Waals surface area contributed by atoms with Crippen molar-refractivity contribution in [1.29, 1.82) is 0 Å². The third-order valence-electron chi connectivity index (χ3n) is 4.09. The maximum atomic E-state index is 12.3. The molecule has 1 amide bonds. The summed E-state index contributed by atoms with van der Waals surface area (Å²) in [5, 5.41) is 2.76. The van der Waals surface area contributed by atoms with Gasteiger partial charge in [-0.15, -0.1) is 4.40 Å². The van der Waals surface area contributed by atoms with E-state index in [1.165, 1.54) is 6.08 Å². The number of carbonyl (C=O) groups excluding carboxylic acids is 1. The lowest BCUT2D eigenvalue weighted by Crippen LogP contribution is -2.38. The summed E-state index contributed by atoms with van der Waals surface area (Å²) < 4.78 is 42.8. The Hall–Kier alpha value is -3.01. The van der Waals surface area contributed by atoms with Gasteiger partial charge in [-0.3, -0.25) is 4.79 Å². The van der Waals surface area contributed by atoms with Gasteiger partial charge in [0.1, 0.15) is 18.2 Å². The Kier molecular flexibility index (Phi) is 4.48. The number of nitrogens with one attached hydrogen (secondary N) is 1. The zero-order chi connectivity index (χ0) is 18.9. The number of ether oxygens (including phenoxy) is 3. The average Bonchev–Trinajstić information content (AvgIpc) is 3.12. The molecule has 142 valence electrons. The van der Waals surface area contributed by atoms with Crippen LogP contribution in [0.5, 0.6) is 17.2 Å². The lowest BCUT2D eigenvalue weighted by molar-refractivity contribution is -0.117. The minimum atomic E-state index is -3.41. The first kappa shape index (κ1) is 17.4. The SMILES string of the molecule is O=C(NCCOc1ccc2c(c1)OCO2)C1=CN2CCS(=O)(=O)N=C2C=C1. The zero-order valence-corrected chi connectivity index (χ0v) is 15.1. The molecule has 3 heterocycles. The van der Waals surface area contributed by atoms with Gasteiger partial charge in [0.15, 0.2) is 11.5 Å². The first-order valence-electron chi connectivity index (χ1n) is 8.30. The number of rotatable bonds is 5. The predicted molar refractivity (Wildman–Crippen MR) is 96.2 cm³/mol. The molecule has 1 aromatic carbocycles. The fourth-order valence-corrected chi connectivity index (χ4v) is 3.71. The second kappa shape index (κ2) is 6.95. The standard InChI is InChI=1S/C17H17N3O6S/c21-17(12-1-4-16-19-27(22,23)8-6-20(16)10-12)18-5-7-24-13-2-3-14-15(9-13)26-11-25-14/h1-4,9-10H,5-8,11H2,(H,18,21). The molecular weight excluding hydrogens is 374 g/mol. The quantitative estimate of drug-likeness (QED) is 0.725. The molecule has 0 unspecified atom stereocenters. The van der Waals surface area contributed by atoms with Crippen LogP contribution >= 0.6 is 0 Å². The number of sulfonamides is 1. The number of amidine groups is 1. The van der Waals surface area contributed by atoms with Gasteiger partial charge in [-0.25, -0.2) is 8.42 Å². The molecule has 3 aliphatic heterocycles. The second-order valence-corrected chi connectivity index (χ2v) is 7.72. The molecule has 0 radical (unpaired) electrons. The summed E-state index contributed by atoms with van der Waals surface area (Å²) in [5.74, 6) is 1.92. The number of nitrogens with zero attached hydrogens (tertiary/aromatic N) is 2. The molecule has 10 heteroatoms. The minimum Gasteiger partial charge on any atom is -0.492 e. The van der Waals surface area contributed by atoms with Crippen LogP contribution in [0.1, 0.15) is 0 Å². The van der Waals surface area contributed by atoms with Crippen molar-refractivity contribution in [2.45, 2.75) is 0 Å². The van der Waals surface area contributed by atoms with Crippen LogP contribution in [-0.2, 0) is 14.8 Å². The van der Waals surface area contributed by atoms with E-state index in [0.29, 0.717) is 35.2 Å². The number of hydrogen-bond acceptors (Lipinski definition) is 7. The third-order valence-corrected chi connectivity index (χ3v) is 5.25. The van der Waals surface area contributed by atoms with Crippen molar-refractivity contribution >= 4 is 21.8 Å². The highest BCUT2D eigenvalue weighted by Crippen LogP contribution is 2.34. The fourth-order valence-electron chi connectivity index (χ4n) is 2.74. The molecule has 0 aliphatic carbocycles. The van der Waals surface area contributed by atoms with E-state index >= 15 is 0 Å². The van der Waals surface area contributed by atoms with Crippen LogP contribution in [0.2, 0.25) is 0 Å². The zero-order valence-electron chi connectivity index (χ0n) is 14.3. The largest absolute Gasteiger partial charge is 0.492 e. The summed E-state index contributed by atoms with van der Waals surface area (Å²) in [7, 11) is -3.41. The van der Waals surface area contributed by atoms with Gasteiger partial charge in [0.2, 0.25) is 6.79 Å². The van der Waals surface area contributed by atoms with E-state index in [-0.39, 0.29) is 31.6 Å². The molecule has 3 aliphatic rings. The van der Waals surface area contributed by atoms with Gasteiger partial charge in [-0.2, -0.15) is 0 Å². The van der Waals surface area contributed by atoms with E-state index in [0.717, 1.165) is 0 Å². The maximum Gasteiger partial charge on any atom is 0.256 e. The van der Waals surface area contributed by atoms with Crippen LogP contribution in [0.3, 0.4) is 0 Å². The molecule has 0 spiro atoms. The molecule has 9 nitrogen and oxygen atoms in total. The number of amides is 1. The number of carbonyl (C=O) groups is 1. The van der Waals surface area contributed by atoms with Crippen molar-refractivity contribution in [3.8, 4) is 17.2 Å². The van der Waals surface area contributed by atoms with E-state index in [2.05, 4.69) is 9.71 Å². The molecule has 0 saturated carbocycles. The summed E-state index contributed by atoms with van der Waals surface area (Å²) >= 11 is 0. The molecule has 1 aromatic rings. The van der Waals surface area contributed by atoms with Crippen LogP contribution in [0, 0.1) is 0 Å². The predicted octanol–water partition coefficient (Wildman–Crippen LogP) is 0.408. The van der Waals surface area contributed by atoms with Gasteiger partial charge in [-0.05, 0) is 24.3 Å². The van der Waals surface area contributed by atoms with Gasteiger partial charge in [0, 0.05) is 18.8 Å². The second-order valence-electron chi connectivity index (χ2n) is 5.97. The van der Waals surface area contributed by atoms with Gasteiger partial charge in [0.25, 0.3) is 15.9 Å². The van der Waals surface area contributed by atoms with Crippen molar-refractivity contribution in [1.82, 2.24) is 10.2 Å². The molecule has 1 N–H and O–H groups in total. The molecule has 27 heavy (non-hydrogen) atoms. The van der Waals surface area contributed by atoms with Crippen molar-refractivity contribution in [2.24, 2.45) is 4.40 Å². The van der Waals surface area contributed by atoms with E-state index in [1.54, 1.807) is 35.4 Å². The number of benzene rings is 1. The number of fused-ring (bicyclic) bond motifs is 2. The molecule has 0 aromatic heterocycles. The highest BCUT2D eigenvalue weighted by atomic mass is 32.2. The van der Waals surface area contributed by atoms with Gasteiger partial charge in [-0.1, -0.05) is 0 Å². The van der Waals surface area contributed by atoms with Crippen LogP contribution < -0.4 is 19.5 Å².